The van der Waals surface area contributed by atoms with Gasteiger partial charge in [-0.2, -0.15) is 0 Å². The van der Waals surface area contributed by atoms with Gasteiger partial charge in [-0.05, 0) is 44.4 Å². The van der Waals surface area contributed by atoms with Crippen LogP contribution in [0, 0.1) is 11.8 Å². The molecule has 2 aliphatic rings. The minimum atomic E-state index is -0.310. The van der Waals surface area contributed by atoms with Crippen molar-refractivity contribution in [3.63, 3.8) is 0 Å². The van der Waals surface area contributed by atoms with Crippen molar-refractivity contribution >= 4 is 5.91 Å². The zero-order valence-electron chi connectivity index (χ0n) is 8.95. The quantitative estimate of drug-likeness (QED) is 0.722. The number of carbonyl (C=O) groups excluding carboxylic acids is 1. The van der Waals surface area contributed by atoms with E-state index >= 15 is 0 Å². The SMILES string of the molecule is COC(C)C(=O)NC(C1CC1)C1CC1. The highest BCUT2D eigenvalue weighted by atomic mass is 16.5. The maximum Gasteiger partial charge on any atom is 0.249 e. The van der Waals surface area contributed by atoms with Crippen LogP contribution in [-0.4, -0.2) is 25.2 Å². The van der Waals surface area contributed by atoms with Crippen LogP contribution < -0.4 is 5.32 Å². The first kappa shape index (κ1) is 9.97. The normalized spacial score (nSPS) is 23.6. The molecule has 1 unspecified atom stereocenters. The summed E-state index contributed by atoms with van der Waals surface area (Å²) in [6.07, 6.45) is 4.87. The van der Waals surface area contributed by atoms with Gasteiger partial charge in [-0.15, -0.1) is 0 Å². The molecule has 2 saturated carbocycles. The molecule has 3 heteroatoms. The van der Waals surface area contributed by atoms with E-state index in [0.717, 1.165) is 11.8 Å². The van der Waals surface area contributed by atoms with Crippen LogP contribution in [0.1, 0.15) is 32.6 Å². The number of carbonyl (C=O) groups is 1. The second-order valence-corrected chi connectivity index (χ2v) is 4.59. The molecule has 80 valence electrons. The maximum absolute atomic E-state index is 11.6. The van der Waals surface area contributed by atoms with E-state index in [-0.39, 0.29) is 12.0 Å². The Balaban J connectivity index is 1.83. The van der Waals surface area contributed by atoms with Gasteiger partial charge >= 0.3 is 0 Å². The largest absolute Gasteiger partial charge is 0.372 e. The summed E-state index contributed by atoms with van der Waals surface area (Å²) in [6.45, 7) is 1.80. The van der Waals surface area contributed by atoms with Gasteiger partial charge < -0.3 is 10.1 Å². The number of hydrogen-bond donors (Lipinski definition) is 1. The number of hydrogen-bond acceptors (Lipinski definition) is 2. The van der Waals surface area contributed by atoms with E-state index in [9.17, 15) is 4.79 Å². The number of nitrogens with one attached hydrogen (secondary N) is 1. The van der Waals surface area contributed by atoms with Crippen molar-refractivity contribution in [1.82, 2.24) is 5.32 Å². The van der Waals surface area contributed by atoms with Gasteiger partial charge in [0.25, 0.3) is 0 Å². The topological polar surface area (TPSA) is 38.3 Å². The second kappa shape index (κ2) is 3.89. The molecule has 2 aliphatic carbocycles. The number of methoxy groups -OCH3 is 1. The lowest BCUT2D eigenvalue weighted by Gasteiger charge is -2.19. The summed E-state index contributed by atoms with van der Waals surface area (Å²) in [4.78, 5) is 11.6. The van der Waals surface area contributed by atoms with Gasteiger partial charge in [0.15, 0.2) is 0 Å². The molecule has 0 aromatic heterocycles. The van der Waals surface area contributed by atoms with Crippen LogP contribution in [0.3, 0.4) is 0 Å². The lowest BCUT2D eigenvalue weighted by molar-refractivity contribution is -0.131. The molecule has 0 aromatic rings. The summed E-state index contributed by atoms with van der Waals surface area (Å²) in [6, 6.07) is 0.445. The van der Waals surface area contributed by atoms with Crippen molar-refractivity contribution in [1.29, 1.82) is 0 Å². The molecule has 1 N–H and O–H groups in total. The van der Waals surface area contributed by atoms with Crippen LogP contribution in [0.5, 0.6) is 0 Å². The Morgan fingerprint density at radius 3 is 2.14 bits per heavy atom. The first-order valence-corrected chi connectivity index (χ1v) is 5.55. The zero-order valence-corrected chi connectivity index (χ0v) is 8.95. The molecule has 0 aromatic carbocycles. The molecule has 0 spiro atoms. The highest BCUT2D eigenvalue weighted by Crippen LogP contribution is 2.44. The third kappa shape index (κ3) is 2.27. The molecule has 1 amide bonds. The van der Waals surface area contributed by atoms with E-state index in [1.54, 1.807) is 14.0 Å². The van der Waals surface area contributed by atoms with Crippen LogP contribution in [0.15, 0.2) is 0 Å². The molecule has 0 bridgehead atoms. The van der Waals surface area contributed by atoms with Gasteiger partial charge in [0.05, 0.1) is 0 Å². The fourth-order valence-electron chi connectivity index (χ4n) is 1.92. The van der Waals surface area contributed by atoms with E-state index < -0.39 is 0 Å². The monoisotopic (exact) mass is 197 g/mol. The molecule has 14 heavy (non-hydrogen) atoms. The minimum absolute atomic E-state index is 0.0521. The zero-order chi connectivity index (χ0) is 10.1. The molecule has 2 fully saturated rings. The Kier molecular flexibility index (Phi) is 2.77. The van der Waals surface area contributed by atoms with Crippen LogP contribution in [-0.2, 0) is 9.53 Å². The van der Waals surface area contributed by atoms with Gasteiger partial charge in [0.1, 0.15) is 6.10 Å². The van der Waals surface area contributed by atoms with Gasteiger partial charge in [-0.3, -0.25) is 4.79 Å². The molecular weight excluding hydrogens is 178 g/mol. The van der Waals surface area contributed by atoms with Crippen molar-refractivity contribution < 1.29 is 9.53 Å². The molecule has 0 heterocycles. The van der Waals surface area contributed by atoms with E-state index in [1.807, 2.05) is 0 Å². The molecule has 0 radical (unpaired) electrons. The van der Waals surface area contributed by atoms with Gasteiger partial charge in [0.2, 0.25) is 5.91 Å². The van der Waals surface area contributed by atoms with E-state index in [4.69, 9.17) is 4.74 Å². The van der Waals surface area contributed by atoms with E-state index in [0.29, 0.717) is 6.04 Å². The number of amides is 1. The molecular formula is C11H19NO2. The predicted molar refractivity (Wildman–Crippen MR) is 53.8 cm³/mol. The first-order chi connectivity index (χ1) is 6.72. The number of rotatable bonds is 5. The Bertz CT molecular complexity index is 209. The second-order valence-electron chi connectivity index (χ2n) is 4.59. The van der Waals surface area contributed by atoms with Crippen molar-refractivity contribution in [2.75, 3.05) is 7.11 Å². The van der Waals surface area contributed by atoms with Crippen LogP contribution >= 0.6 is 0 Å². The molecule has 0 aliphatic heterocycles. The summed E-state index contributed by atoms with van der Waals surface area (Å²) in [5.41, 5.74) is 0. The Labute approximate surface area is 85.2 Å². The molecule has 2 rings (SSSR count). The van der Waals surface area contributed by atoms with Crippen LogP contribution in [0.25, 0.3) is 0 Å². The highest BCUT2D eigenvalue weighted by Gasteiger charge is 2.42. The molecule has 3 nitrogen and oxygen atoms in total. The minimum Gasteiger partial charge on any atom is -0.372 e. The summed E-state index contributed by atoms with van der Waals surface area (Å²) < 4.78 is 5.00. The smallest absolute Gasteiger partial charge is 0.249 e. The summed E-state index contributed by atoms with van der Waals surface area (Å²) in [7, 11) is 1.58. The van der Waals surface area contributed by atoms with Crippen LogP contribution in [0.4, 0.5) is 0 Å². The number of ether oxygens (including phenoxy) is 1. The highest BCUT2D eigenvalue weighted by molar-refractivity contribution is 5.80. The lowest BCUT2D eigenvalue weighted by atomic mass is 10.1. The fourth-order valence-corrected chi connectivity index (χ4v) is 1.92. The lowest BCUT2D eigenvalue weighted by Crippen LogP contribution is -2.43. The third-order valence-electron chi connectivity index (χ3n) is 3.29. The van der Waals surface area contributed by atoms with Gasteiger partial charge in [0, 0.05) is 13.2 Å². The van der Waals surface area contributed by atoms with E-state index in [1.165, 1.54) is 25.7 Å². The third-order valence-corrected chi connectivity index (χ3v) is 3.29. The standard InChI is InChI=1S/C11H19NO2/c1-7(14-2)11(13)12-10(8-3-4-8)9-5-6-9/h7-10H,3-6H2,1-2H3,(H,12,13). The van der Waals surface area contributed by atoms with Crippen molar-refractivity contribution in [3.05, 3.63) is 0 Å². The van der Waals surface area contributed by atoms with Gasteiger partial charge in [-0.1, -0.05) is 0 Å². The van der Waals surface area contributed by atoms with Crippen molar-refractivity contribution in [2.45, 2.75) is 44.8 Å². The fraction of sp³-hybridized carbons (Fsp3) is 0.909. The summed E-state index contributed by atoms with van der Waals surface area (Å²) in [5, 5.41) is 3.13. The van der Waals surface area contributed by atoms with Crippen molar-refractivity contribution in [2.24, 2.45) is 11.8 Å². The molecule has 0 saturated heterocycles. The van der Waals surface area contributed by atoms with Crippen LogP contribution in [0.2, 0.25) is 0 Å². The summed E-state index contributed by atoms with van der Waals surface area (Å²) in [5.74, 6) is 1.57. The average Bonchev–Trinajstić information content (AvgIpc) is 3.04. The average molecular weight is 197 g/mol. The molecule has 1 atom stereocenters. The summed E-state index contributed by atoms with van der Waals surface area (Å²) >= 11 is 0. The van der Waals surface area contributed by atoms with Crippen molar-refractivity contribution in [3.8, 4) is 0 Å². The Morgan fingerprint density at radius 1 is 1.29 bits per heavy atom. The Morgan fingerprint density at radius 2 is 1.79 bits per heavy atom. The van der Waals surface area contributed by atoms with E-state index in [2.05, 4.69) is 5.32 Å². The Hall–Kier alpha value is -0.570. The first-order valence-electron chi connectivity index (χ1n) is 5.55. The van der Waals surface area contributed by atoms with Gasteiger partial charge in [-0.25, -0.2) is 0 Å². The predicted octanol–water partition coefficient (Wildman–Crippen LogP) is 1.33. The maximum atomic E-state index is 11.6.